The second kappa shape index (κ2) is 8.26. The average Bonchev–Trinajstić information content (AvgIpc) is 3.20. The van der Waals surface area contributed by atoms with Crippen LogP contribution in [0.1, 0.15) is 22.3 Å². The van der Waals surface area contributed by atoms with E-state index in [2.05, 4.69) is 0 Å². The highest BCUT2D eigenvalue weighted by Crippen LogP contribution is 2.26. The standard InChI is InChI=1S/C22H23N3O5S/c1-15-5-7-16(8-6-15)22(27)30-14-24-11-10-18-19(21(24)26)3-2-4-20(18)31(28,29)25-12-9-17(23)13-25/h2-8,10-11,17H,9,12-14,23H2,1H3/t17-/m1/s1. The Hall–Kier alpha value is -3.01. The van der Waals surface area contributed by atoms with Crippen molar-refractivity contribution >= 4 is 26.8 Å². The molecule has 1 aliphatic rings. The predicted octanol–water partition coefficient (Wildman–Crippen LogP) is 1.85. The molecule has 1 saturated heterocycles. The van der Waals surface area contributed by atoms with Crippen molar-refractivity contribution in [2.24, 2.45) is 5.73 Å². The number of aryl methyl sites for hydroxylation is 1. The highest BCUT2D eigenvalue weighted by atomic mass is 32.2. The van der Waals surface area contributed by atoms with Crippen LogP contribution in [0, 0.1) is 6.92 Å². The van der Waals surface area contributed by atoms with E-state index in [1.54, 1.807) is 36.4 Å². The average molecular weight is 442 g/mol. The Morgan fingerprint density at radius 2 is 1.87 bits per heavy atom. The van der Waals surface area contributed by atoms with Crippen molar-refractivity contribution in [3.8, 4) is 0 Å². The molecule has 9 heteroatoms. The number of esters is 1. The van der Waals surface area contributed by atoms with Crippen molar-refractivity contribution in [2.75, 3.05) is 13.1 Å². The monoisotopic (exact) mass is 441 g/mol. The number of pyridine rings is 1. The van der Waals surface area contributed by atoms with Crippen LogP contribution in [0.15, 0.2) is 64.4 Å². The molecule has 8 nitrogen and oxygen atoms in total. The Balaban J connectivity index is 1.62. The molecule has 162 valence electrons. The number of benzene rings is 2. The molecule has 1 aromatic heterocycles. The largest absolute Gasteiger partial charge is 0.440 e. The third-order valence-electron chi connectivity index (χ3n) is 5.41. The lowest BCUT2D eigenvalue weighted by molar-refractivity contribution is 0.0367. The SMILES string of the molecule is Cc1ccc(C(=O)OCn2ccc3c(S(=O)(=O)N4CC[C@@H](N)C4)cccc3c2=O)cc1. The summed E-state index contributed by atoms with van der Waals surface area (Å²) in [6.07, 6.45) is 2.03. The first kappa shape index (κ1) is 21.2. The third kappa shape index (κ3) is 4.12. The van der Waals surface area contributed by atoms with E-state index in [4.69, 9.17) is 10.5 Å². The normalized spacial score (nSPS) is 17.2. The molecule has 0 unspecified atom stereocenters. The highest BCUT2D eigenvalue weighted by molar-refractivity contribution is 7.89. The summed E-state index contributed by atoms with van der Waals surface area (Å²) in [5.74, 6) is -0.548. The molecule has 0 radical (unpaired) electrons. The molecule has 2 N–H and O–H groups in total. The van der Waals surface area contributed by atoms with Gasteiger partial charge in [-0.3, -0.25) is 9.36 Å². The number of carbonyl (C=O) groups excluding carboxylic acids is 1. The molecule has 0 amide bonds. The van der Waals surface area contributed by atoms with Gasteiger partial charge in [0, 0.05) is 36.1 Å². The zero-order chi connectivity index (χ0) is 22.2. The van der Waals surface area contributed by atoms with E-state index in [9.17, 15) is 18.0 Å². The fraction of sp³-hybridized carbons (Fsp3) is 0.273. The summed E-state index contributed by atoms with van der Waals surface area (Å²) >= 11 is 0. The maximum atomic E-state index is 13.1. The maximum Gasteiger partial charge on any atom is 0.339 e. The van der Waals surface area contributed by atoms with Crippen molar-refractivity contribution in [2.45, 2.75) is 31.0 Å². The van der Waals surface area contributed by atoms with E-state index < -0.39 is 21.6 Å². The topological polar surface area (TPSA) is 112 Å². The summed E-state index contributed by atoms with van der Waals surface area (Å²) in [5, 5.41) is 0.563. The van der Waals surface area contributed by atoms with Gasteiger partial charge in [0.25, 0.3) is 5.56 Å². The van der Waals surface area contributed by atoms with Gasteiger partial charge in [0.15, 0.2) is 6.73 Å². The smallest absolute Gasteiger partial charge is 0.339 e. The van der Waals surface area contributed by atoms with E-state index in [-0.39, 0.29) is 29.6 Å². The van der Waals surface area contributed by atoms with Gasteiger partial charge in [-0.05, 0) is 43.7 Å². The van der Waals surface area contributed by atoms with E-state index >= 15 is 0 Å². The van der Waals surface area contributed by atoms with Gasteiger partial charge in [-0.2, -0.15) is 4.31 Å². The van der Waals surface area contributed by atoms with Crippen molar-refractivity contribution in [1.29, 1.82) is 0 Å². The fourth-order valence-electron chi connectivity index (χ4n) is 3.63. The first-order valence-corrected chi connectivity index (χ1v) is 11.3. The van der Waals surface area contributed by atoms with E-state index in [0.717, 1.165) is 5.56 Å². The molecule has 3 aromatic rings. The summed E-state index contributed by atoms with van der Waals surface area (Å²) in [4.78, 5) is 25.2. The molecule has 0 bridgehead atoms. The van der Waals surface area contributed by atoms with Gasteiger partial charge in [0.05, 0.1) is 10.5 Å². The number of fused-ring (bicyclic) bond motifs is 1. The first-order chi connectivity index (χ1) is 14.8. The summed E-state index contributed by atoms with van der Waals surface area (Å²) in [6, 6.07) is 12.9. The molecular formula is C22H23N3O5S. The predicted molar refractivity (Wildman–Crippen MR) is 116 cm³/mol. The molecular weight excluding hydrogens is 418 g/mol. The minimum atomic E-state index is -3.77. The van der Waals surface area contributed by atoms with Gasteiger partial charge in [-0.15, -0.1) is 0 Å². The molecule has 31 heavy (non-hydrogen) atoms. The number of ether oxygens (including phenoxy) is 1. The molecule has 0 aliphatic carbocycles. The zero-order valence-electron chi connectivity index (χ0n) is 17.0. The minimum Gasteiger partial charge on any atom is -0.440 e. The van der Waals surface area contributed by atoms with Crippen LogP contribution in [0.5, 0.6) is 0 Å². The van der Waals surface area contributed by atoms with Gasteiger partial charge in [-0.25, -0.2) is 13.2 Å². The Labute approximate surface area is 179 Å². The lowest BCUT2D eigenvalue weighted by Gasteiger charge is -2.17. The quantitative estimate of drug-likeness (QED) is 0.605. The highest BCUT2D eigenvalue weighted by Gasteiger charge is 2.32. The lowest BCUT2D eigenvalue weighted by atomic mass is 10.1. The van der Waals surface area contributed by atoms with Crippen molar-refractivity contribution in [3.63, 3.8) is 0 Å². The van der Waals surface area contributed by atoms with Crippen molar-refractivity contribution in [3.05, 3.63) is 76.2 Å². The van der Waals surface area contributed by atoms with Gasteiger partial charge < -0.3 is 10.5 Å². The van der Waals surface area contributed by atoms with E-state index in [0.29, 0.717) is 23.9 Å². The molecule has 2 heterocycles. The summed E-state index contributed by atoms with van der Waals surface area (Å²) in [7, 11) is -3.77. The maximum absolute atomic E-state index is 13.1. The number of rotatable bonds is 5. The van der Waals surface area contributed by atoms with Gasteiger partial charge in [0.2, 0.25) is 10.0 Å². The lowest BCUT2D eigenvalue weighted by Crippen LogP contribution is -2.32. The molecule has 1 aliphatic heterocycles. The van der Waals surface area contributed by atoms with Crippen LogP contribution < -0.4 is 11.3 Å². The van der Waals surface area contributed by atoms with Crippen LogP contribution in [-0.2, 0) is 21.5 Å². The van der Waals surface area contributed by atoms with Crippen molar-refractivity contribution in [1.82, 2.24) is 8.87 Å². The van der Waals surface area contributed by atoms with Gasteiger partial charge >= 0.3 is 5.97 Å². The molecule has 0 saturated carbocycles. The molecule has 2 aromatic carbocycles. The number of aromatic nitrogens is 1. The number of hydrogen-bond donors (Lipinski definition) is 1. The zero-order valence-corrected chi connectivity index (χ0v) is 17.8. The Kier molecular flexibility index (Phi) is 5.65. The number of nitrogens with zero attached hydrogens (tertiary/aromatic N) is 2. The summed E-state index contributed by atoms with van der Waals surface area (Å²) < 4.78 is 34.0. The van der Waals surface area contributed by atoms with Gasteiger partial charge in [-0.1, -0.05) is 23.8 Å². The minimum absolute atomic E-state index is 0.0694. The van der Waals surface area contributed by atoms with E-state index in [1.165, 1.54) is 27.2 Å². The van der Waals surface area contributed by atoms with Crippen LogP contribution in [0.25, 0.3) is 10.8 Å². The summed E-state index contributed by atoms with van der Waals surface area (Å²) in [6.45, 7) is 2.24. The van der Waals surface area contributed by atoms with Crippen molar-refractivity contribution < 1.29 is 17.9 Å². The van der Waals surface area contributed by atoms with Crippen LogP contribution >= 0.6 is 0 Å². The third-order valence-corrected chi connectivity index (χ3v) is 7.33. The molecule has 1 atom stereocenters. The number of carbonyl (C=O) groups is 1. The van der Waals surface area contributed by atoms with Gasteiger partial charge in [0.1, 0.15) is 0 Å². The van der Waals surface area contributed by atoms with Crippen LogP contribution in [0.2, 0.25) is 0 Å². The van der Waals surface area contributed by atoms with Crippen LogP contribution in [-0.4, -0.2) is 42.4 Å². The number of nitrogens with two attached hydrogens (primary N) is 1. The van der Waals surface area contributed by atoms with Crippen LogP contribution in [0.4, 0.5) is 0 Å². The molecule has 4 rings (SSSR count). The second-order valence-corrected chi connectivity index (χ2v) is 9.55. The fourth-order valence-corrected chi connectivity index (χ4v) is 5.35. The Morgan fingerprint density at radius 3 is 2.55 bits per heavy atom. The van der Waals surface area contributed by atoms with E-state index in [1.807, 2.05) is 6.92 Å². The first-order valence-electron chi connectivity index (χ1n) is 9.89. The Bertz CT molecular complexity index is 1300. The summed E-state index contributed by atoms with van der Waals surface area (Å²) in [5.41, 5.74) is 6.83. The Morgan fingerprint density at radius 1 is 1.13 bits per heavy atom. The number of sulfonamides is 1. The molecule has 0 spiro atoms. The molecule has 1 fully saturated rings. The second-order valence-electron chi connectivity index (χ2n) is 7.65. The van der Waals surface area contributed by atoms with Crippen LogP contribution in [0.3, 0.4) is 0 Å². The number of hydrogen-bond acceptors (Lipinski definition) is 6.